The molecule has 32 heavy (non-hydrogen) atoms. The van der Waals surface area contributed by atoms with Crippen LogP contribution >= 0.6 is 11.6 Å². The fourth-order valence-corrected chi connectivity index (χ4v) is 4.35. The van der Waals surface area contributed by atoms with Crippen molar-refractivity contribution in [1.29, 1.82) is 0 Å². The maximum absolute atomic E-state index is 13.0. The minimum atomic E-state index is -0.803. The molecule has 1 amide bonds. The van der Waals surface area contributed by atoms with Gasteiger partial charge in [-0.15, -0.1) is 0 Å². The lowest BCUT2D eigenvalue weighted by Crippen LogP contribution is -2.40. The molecule has 0 radical (unpaired) electrons. The Bertz CT molecular complexity index is 1240. The number of aliphatic hydroxyl groups excluding tert-OH is 1. The first-order valence-corrected chi connectivity index (χ1v) is 10.5. The predicted molar refractivity (Wildman–Crippen MR) is 121 cm³/mol. The number of aliphatic hydroxyl groups is 1. The van der Waals surface area contributed by atoms with Crippen LogP contribution in [-0.2, 0) is 0 Å². The van der Waals surface area contributed by atoms with E-state index in [9.17, 15) is 19.8 Å². The Kier molecular flexibility index (Phi) is 6.10. The smallest absolute Gasteiger partial charge is 0.412 e. The number of carbonyl (C=O) groups is 1. The molecule has 2 aromatic carbocycles. The summed E-state index contributed by atoms with van der Waals surface area (Å²) in [6, 6.07) is 9.37. The second kappa shape index (κ2) is 8.82. The lowest BCUT2D eigenvalue weighted by Gasteiger charge is -2.34. The van der Waals surface area contributed by atoms with Crippen molar-refractivity contribution in [3.05, 3.63) is 57.2 Å². The molecule has 0 bridgehead atoms. The number of likely N-dealkylation sites (N-methyl/N-ethyl adjacent to an activating group) is 1. The van der Waals surface area contributed by atoms with Crippen LogP contribution in [0.4, 0.5) is 4.79 Å². The van der Waals surface area contributed by atoms with Crippen molar-refractivity contribution in [2.24, 2.45) is 0 Å². The highest BCUT2D eigenvalue weighted by Crippen LogP contribution is 2.43. The minimum absolute atomic E-state index is 0.0161. The molecule has 168 valence electrons. The van der Waals surface area contributed by atoms with Crippen molar-refractivity contribution in [3.8, 4) is 22.8 Å². The molecule has 4 rings (SSSR count). The number of phenolic OH excluding ortho intramolecular Hbond substituents is 1. The van der Waals surface area contributed by atoms with Gasteiger partial charge in [-0.1, -0.05) is 23.7 Å². The summed E-state index contributed by atoms with van der Waals surface area (Å²) >= 11 is 6.31. The Morgan fingerprint density at radius 3 is 2.75 bits per heavy atom. The highest BCUT2D eigenvalue weighted by molar-refractivity contribution is 6.33. The first kappa shape index (κ1) is 22.1. The van der Waals surface area contributed by atoms with Crippen LogP contribution in [-0.4, -0.2) is 54.5 Å². The summed E-state index contributed by atoms with van der Waals surface area (Å²) in [5.74, 6) is -0.654. The molecule has 0 spiro atoms. The first-order chi connectivity index (χ1) is 15.3. The summed E-state index contributed by atoms with van der Waals surface area (Å²) in [6.45, 7) is 1.07. The van der Waals surface area contributed by atoms with E-state index in [1.54, 1.807) is 24.3 Å². The molecule has 3 N–H and O–H groups in total. The van der Waals surface area contributed by atoms with Gasteiger partial charge in [0, 0.05) is 42.8 Å². The van der Waals surface area contributed by atoms with Crippen LogP contribution in [0.2, 0.25) is 5.02 Å². The Morgan fingerprint density at radius 2 is 2.06 bits per heavy atom. The number of fused-ring (bicyclic) bond motifs is 1. The van der Waals surface area contributed by atoms with E-state index in [1.165, 1.54) is 19.2 Å². The van der Waals surface area contributed by atoms with Gasteiger partial charge in [0.15, 0.2) is 5.43 Å². The minimum Gasteiger partial charge on any atom is -0.507 e. The molecule has 3 aromatic rings. The number of phenols is 1. The lowest BCUT2D eigenvalue weighted by atomic mass is 9.85. The fourth-order valence-electron chi connectivity index (χ4n) is 4.12. The van der Waals surface area contributed by atoms with Gasteiger partial charge in [0.1, 0.15) is 28.2 Å². The lowest BCUT2D eigenvalue weighted by molar-refractivity contribution is 0.0630. The molecule has 2 atom stereocenters. The maximum Gasteiger partial charge on any atom is 0.412 e. The number of rotatable bonds is 3. The van der Waals surface area contributed by atoms with Crippen molar-refractivity contribution < 1.29 is 24.2 Å². The zero-order chi connectivity index (χ0) is 23.0. The second-order valence-electron chi connectivity index (χ2n) is 7.83. The molecule has 2 heterocycles. The number of β-amino-alcohol motifs (C(OH)–C–C–N with tert-alkyl or cyclic N) is 1. The molecule has 1 aromatic heterocycles. The Hall–Kier alpha value is -3.07. The Morgan fingerprint density at radius 1 is 1.31 bits per heavy atom. The number of halogens is 1. The maximum atomic E-state index is 13.0. The molecule has 1 aliphatic heterocycles. The van der Waals surface area contributed by atoms with Crippen LogP contribution in [0.25, 0.3) is 22.3 Å². The summed E-state index contributed by atoms with van der Waals surface area (Å²) in [5, 5.41) is 24.1. The van der Waals surface area contributed by atoms with Gasteiger partial charge >= 0.3 is 6.09 Å². The number of hydrogen-bond acceptors (Lipinski definition) is 7. The number of likely N-dealkylation sites (tertiary alicyclic amines) is 1. The van der Waals surface area contributed by atoms with Gasteiger partial charge in [0.05, 0.1) is 11.1 Å². The standard InChI is InChI=1S/C23H23ClN2O6/c1-25-23(30)32-19-10-16(28)21-15(27)9-18(12-5-3-4-6-14(12)24)31-22(21)20(19)13-7-8-26(2)11-17(13)29/h3-6,9-10,13,17,28-29H,7-8,11H2,1-2H3,(H,25,30)/t13-,17+/m0/s1. The van der Waals surface area contributed by atoms with Gasteiger partial charge in [0.25, 0.3) is 0 Å². The zero-order valence-corrected chi connectivity index (χ0v) is 18.3. The fraction of sp³-hybridized carbons (Fsp3) is 0.304. The van der Waals surface area contributed by atoms with Crippen molar-refractivity contribution in [3.63, 3.8) is 0 Å². The van der Waals surface area contributed by atoms with Crippen LogP contribution in [0, 0.1) is 0 Å². The van der Waals surface area contributed by atoms with Gasteiger partial charge < -0.3 is 29.6 Å². The number of amides is 1. The van der Waals surface area contributed by atoms with Gasteiger partial charge in [-0.2, -0.15) is 0 Å². The summed E-state index contributed by atoms with van der Waals surface area (Å²) in [7, 11) is 3.30. The predicted octanol–water partition coefficient (Wildman–Crippen LogP) is 3.32. The number of carbonyl (C=O) groups excluding carboxylic acids is 1. The van der Waals surface area contributed by atoms with Crippen molar-refractivity contribution in [2.75, 3.05) is 27.2 Å². The third-order valence-corrected chi connectivity index (χ3v) is 6.01. The third kappa shape index (κ3) is 4.04. The highest BCUT2D eigenvalue weighted by atomic mass is 35.5. The van der Waals surface area contributed by atoms with Crippen LogP contribution in [0.15, 0.2) is 45.6 Å². The number of ether oxygens (including phenoxy) is 1. The summed E-state index contributed by atoms with van der Waals surface area (Å²) < 4.78 is 11.5. The van der Waals surface area contributed by atoms with Crippen LogP contribution in [0.3, 0.4) is 0 Å². The van der Waals surface area contributed by atoms with Gasteiger partial charge in [0.2, 0.25) is 0 Å². The van der Waals surface area contributed by atoms with Crippen molar-refractivity contribution >= 4 is 28.7 Å². The van der Waals surface area contributed by atoms with E-state index >= 15 is 0 Å². The molecule has 8 nitrogen and oxygen atoms in total. The molecule has 0 saturated carbocycles. The van der Waals surface area contributed by atoms with Gasteiger partial charge in [-0.05, 0) is 32.1 Å². The Balaban J connectivity index is 2.02. The number of piperidine rings is 1. The van der Waals surface area contributed by atoms with Crippen LogP contribution < -0.4 is 15.5 Å². The third-order valence-electron chi connectivity index (χ3n) is 5.68. The van der Waals surface area contributed by atoms with E-state index in [2.05, 4.69) is 5.32 Å². The molecule has 1 fully saturated rings. The number of hydrogen-bond donors (Lipinski definition) is 3. The zero-order valence-electron chi connectivity index (χ0n) is 17.6. The quantitative estimate of drug-likeness (QED) is 0.552. The molecular weight excluding hydrogens is 436 g/mol. The van der Waals surface area contributed by atoms with Crippen LogP contribution in [0.1, 0.15) is 17.9 Å². The Labute approximate surface area is 189 Å². The van der Waals surface area contributed by atoms with Crippen LogP contribution in [0.5, 0.6) is 11.5 Å². The van der Waals surface area contributed by atoms with E-state index in [1.807, 2.05) is 11.9 Å². The topological polar surface area (TPSA) is 112 Å². The van der Waals surface area contributed by atoms with E-state index in [0.717, 1.165) is 0 Å². The van der Waals surface area contributed by atoms with Gasteiger partial charge in [-0.3, -0.25) is 4.79 Å². The molecule has 0 unspecified atom stereocenters. The number of nitrogens with one attached hydrogen (secondary N) is 1. The van der Waals surface area contributed by atoms with Crippen molar-refractivity contribution in [1.82, 2.24) is 10.2 Å². The average Bonchev–Trinajstić information content (AvgIpc) is 2.74. The first-order valence-electron chi connectivity index (χ1n) is 10.1. The highest BCUT2D eigenvalue weighted by Gasteiger charge is 2.34. The SMILES string of the molecule is CNC(=O)Oc1cc(O)c2c(=O)cc(-c3ccccc3Cl)oc2c1[C@H]1CCN(C)C[C@H]1O. The van der Waals surface area contributed by atoms with E-state index in [0.29, 0.717) is 35.7 Å². The summed E-state index contributed by atoms with van der Waals surface area (Å²) in [4.78, 5) is 27.0. The number of benzene rings is 2. The molecular formula is C23H23ClN2O6. The summed E-state index contributed by atoms with van der Waals surface area (Å²) in [5.41, 5.74) is 0.432. The van der Waals surface area contributed by atoms with Gasteiger partial charge in [-0.25, -0.2) is 4.79 Å². The molecule has 1 saturated heterocycles. The van der Waals surface area contributed by atoms with E-state index < -0.39 is 23.5 Å². The number of nitrogens with zero attached hydrogens (tertiary/aromatic N) is 1. The second-order valence-corrected chi connectivity index (χ2v) is 8.24. The number of aromatic hydroxyl groups is 1. The molecule has 1 aliphatic rings. The monoisotopic (exact) mass is 458 g/mol. The van der Waals surface area contributed by atoms with E-state index in [4.69, 9.17) is 20.8 Å². The van der Waals surface area contributed by atoms with Crippen molar-refractivity contribution in [2.45, 2.75) is 18.4 Å². The summed E-state index contributed by atoms with van der Waals surface area (Å²) in [6.07, 6.45) is -1.03. The normalized spacial score (nSPS) is 19.1. The molecule has 0 aliphatic carbocycles. The largest absolute Gasteiger partial charge is 0.507 e. The average molecular weight is 459 g/mol. The van der Waals surface area contributed by atoms with E-state index in [-0.39, 0.29) is 28.2 Å². The molecule has 9 heteroatoms.